The topological polar surface area (TPSA) is 60.2 Å². The first kappa shape index (κ1) is 13.0. The summed E-state index contributed by atoms with van der Waals surface area (Å²) in [5, 5.41) is 3.24. The molecule has 1 heterocycles. The Bertz CT molecular complexity index is 333. The molecule has 0 bridgehead atoms. The lowest BCUT2D eigenvalue weighted by atomic mass is 10.2. The Morgan fingerprint density at radius 3 is 2.94 bits per heavy atom. The summed E-state index contributed by atoms with van der Waals surface area (Å²) >= 11 is 1.84. The number of nitrogens with one attached hydrogen (secondary N) is 1. The number of thioether (sulfide) groups is 1. The molecule has 0 saturated carbocycles. The fraction of sp³-hybridized carbons (Fsp3) is 0.545. The maximum atomic E-state index is 5.82. The molecule has 1 aromatic rings. The molecule has 0 saturated heterocycles. The van der Waals surface area contributed by atoms with E-state index in [0.717, 1.165) is 12.3 Å². The van der Waals surface area contributed by atoms with Crippen LogP contribution >= 0.6 is 11.8 Å². The van der Waals surface area contributed by atoms with Gasteiger partial charge >= 0.3 is 0 Å². The molecule has 0 spiro atoms. The van der Waals surface area contributed by atoms with Crippen LogP contribution in [-0.4, -0.2) is 30.6 Å². The van der Waals surface area contributed by atoms with Crippen LogP contribution in [0.25, 0.3) is 0 Å². The van der Waals surface area contributed by atoms with Gasteiger partial charge in [0.2, 0.25) is 5.88 Å². The Labute approximate surface area is 101 Å². The van der Waals surface area contributed by atoms with Crippen LogP contribution in [0.5, 0.6) is 5.88 Å². The molecular weight excluding hydrogens is 222 g/mol. The van der Waals surface area contributed by atoms with Crippen molar-refractivity contribution in [3.63, 3.8) is 0 Å². The second-order valence-electron chi connectivity index (χ2n) is 3.73. The average molecular weight is 241 g/mol. The second-order valence-corrected chi connectivity index (χ2v) is 4.64. The number of nitrogens with zero attached hydrogens (tertiary/aromatic N) is 1. The average Bonchev–Trinajstić information content (AvgIpc) is 2.28. The Kier molecular flexibility index (Phi) is 5.25. The van der Waals surface area contributed by atoms with Crippen molar-refractivity contribution in [2.75, 3.05) is 36.7 Å². The zero-order valence-electron chi connectivity index (χ0n) is 9.99. The molecular formula is C11H19N3OS. The van der Waals surface area contributed by atoms with Crippen LogP contribution in [0, 0.1) is 5.92 Å². The molecule has 0 aliphatic rings. The van der Waals surface area contributed by atoms with Gasteiger partial charge in [0.1, 0.15) is 0 Å². The predicted molar refractivity (Wildman–Crippen MR) is 71.2 cm³/mol. The van der Waals surface area contributed by atoms with Crippen LogP contribution in [0.15, 0.2) is 12.1 Å². The molecule has 0 aromatic carbocycles. The Hall–Kier alpha value is -1.10. The zero-order chi connectivity index (χ0) is 12.0. The molecule has 0 fully saturated rings. The maximum Gasteiger partial charge on any atom is 0.215 e. The van der Waals surface area contributed by atoms with Gasteiger partial charge in [-0.3, -0.25) is 0 Å². The van der Waals surface area contributed by atoms with Crippen LogP contribution < -0.4 is 15.8 Å². The van der Waals surface area contributed by atoms with Crippen molar-refractivity contribution in [3.8, 4) is 5.88 Å². The molecule has 1 unspecified atom stereocenters. The predicted octanol–water partition coefficient (Wildman–Crippen LogP) is 2.08. The fourth-order valence-electron chi connectivity index (χ4n) is 1.32. The number of methoxy groups -OCH3 is 1. The number of ether oxygens (including phenoxy) is 1. The smallest absolute Gasteiger partial charge is 0.215 e. The summed E-state index contributed by atoms with van der Waals surface area (Å²) in [4.78, 5) is 4.26. The van der Waals surface area contributed by atoms with E-state index in [2.05, 4.69) is 23.5 Å². The number of anilines is 2. The summed E-state index contributed by atoms with van der Waals surface area (Å²) in [6.45, 7) is 3.06. The number of aromatic nitrogens is 1. The molecule has 1 atom stereocenters. The van der Waals surface area contributed by atoms with E-state index in [-0.39, 0.29) is 0 Å². The van der Waals surface area contributed by atoms with E-state index in [0.29, 0.717) is 23.3 Å². The van der Waals surface area contributed by atoms with Gasteiger partial charge in [0, 0.05) is 12.6 Å². The minimum absolute atomic E-state index is 0.578. The number of nitrogens with two attached hydrogens (primary N) is 1. The van der Waals surface area contributed by atoms with Crippen LogP contribution in [0.3, 0.4) is 0 Å². The van der Waals surface area contributed by atoms with Crippen LogP contribution in [0.2, 0.25) is 0 Å². The van der Waals surface area contributed by atoms with Gasteiger partial charge in [-0.2, -0.15) is 16.7 Å². The summed E-state index contributed by atoms with van der Waals surface area (Å²) in [6.07, 6.45) is 2.11. The molecule has 5 heteroatoms. The minimum Gasteiger partial charge on any atom is -0.481 e. The molecule has 0 radical (unpaired) electrons. The first-order chi connectivity index (χ1) is 7.67. The highest BCUT2D eigenvalue weighted by Gasteiger charge is 2.05. The quantitative estimate of drug-likeness (QED) is 0.798. The lowest BCUT2D eigenvalue weighted by Crippen LogP contribution is -2.15. The van der Waals surface area contributed by atoms with Gasteiger partial charge in [0.05, 0.1) is 12.8 Å². The highest BCUT2D eigenvalue weighted by molar-refractivity contribution is 7.98. The van der Waals surface area contributed by atoms with Gasteiger partial charge < -0.3 is 15.8 Å². The van der Waals surface area contributed by atoms with E-state index in [1.165, 1.54) is 0 Å². The van der Waals surface area contributed by atoms with Crippen molar-refractivity contribution in [3.05, 3.63) is 12.1 Å². The molecule has 1 aromatic heterocycles. The molecule has 4 nitrogen and oxygen atoms in total. The monoisotopic (exact) mass is 241 g/mol. The summed E-state index contributed by atoms with van der Waals surface area (Å²) in [5.74, 6) is 2.99. The zero-order valence-corrected chi connectivity index (χ0v) is 10.8. The lowest BCUT2D eigenvalue weighted by Gasteiger charge is -2.13. The Morgan fingerprint density at radius 2 is 2.31 bits per heavy atom. The molecule has 3 N–H and O–H groups in total. The Morgan fingerprint density at radius 1 is 1.56 bits per heavy atom. The fourth-order valence-corrected chi connectivity index (χ4v) is 2.01. The highest BCUT2D eigenvalue weighted by atomic mass is 32.2. The van der Waals surface area contributed by atoms with Crippen molar-refractivity contribution in [2.24, 2.45) is 5.92 Å². The SMILES string of the molecule is COc1ccc(N)c(NCC(C)CSC)n1. The largest absolute Gasteiger partial charge is 0.481 e. The van der Waals surface area contributed by atoms with E-state index >= 15 is 0 Å². The molecule has 0 amide bonds. The lowest BCUT2D eigenvalue weighted by molar-refractivity contribution is 0.398. The standard InChI is InChI=1S/C11H19N3OS/c1-8(7-16-3)6-13-11-9(12)4-5-10(14-11)15-2/h4-5,8H,6-7,12H2,1-3H3,(H,13,14). The molecule has 0 aliphatic heterocycles. The van der Waals surface area contributed by atoms with E-state index in [4.69, 9.17) is 10.5 Å². The van der Waals surface area contributed by atoms with Crippen molar-refractivity contribution in [1.82, 2.24) is 4.98 Å². The minimum atomic E-state index is 0.578. The summed E-state index contributed by atoms with van der Waals surface area (Å²) in [6, 6.07) is 3.55. The van der Waals surface area contributed by atoms with E-state index < -0.39 is 0 Å². The molecule has 1 rings (SSSR count). The summed E-state index contributed by atoms with van der Waals surface area (Å²) < 4.78 is 5.05. The van der Waals surface area contributed by atoms with Gasteiger partial charge in [-0.25, -0.2) is 0 Å². The van der Waals surface area contributed by atoms with Crippen molar-refractivity contribution in [1.29, 1.82) is 0 Å². The van der Waals surface area contributed by atoms with Gasteiger partial charge in [0.15, 0.2) is 5.82 Å². The number of hydrogen-bond acceptors (Lipinski definition) is 5. The number of nitrogen functional groups attached to an aromatic ring is 1. The summed E-state index contributed by atoms with van der Waals surface area (Å²) in [5.41, 5.74) is 6.47. The van der Waals surface area contributed by atoms with Crippen molar-refractivity contribution in [2.45, 2.75) is 6.92 Å². The van der Waals surface area contributed by atoms with Gasteiger partial charge in [-0.1, -0.05) is 6.92 Å². The molecule has 16 heavy (non-hydrogen) atoms. The van der Waals surface area contributed by atoms with Gasteiger partial charge in [-0.15, -0.1) is 0 Å². The van der Waals surface area contributed by atoms with Crippen LogP contribution in [0.1, 0.15) is 6.92 Å². The van der Waals surface area contributed by atoms with E-state index in [1.54, 1.807) is 19.2 Å². The first-order valence-corrected chi connectivity index (χ1v) is 6.60. The second kappa shape index (κ2) is 6.48. The third-order valence-corrected chi connectivity index (χ3v) is 3.08. The number of hydrogen-bond donors (Lipinski definition) is 2. The normalized spacial score (nSPS) is 12.2. The van der Waals surface area contributed by atoms with Crippen LogP contribution in [0.4, 0.5) is 11.5 Å². The first-order valence-electron chi connectivity index (χ1n) is 5.20. The van der Waals surface area contributed by atoms with E-state index in [1.807, 2.05) is 11.8 Å². The number of pyridine rings is 1. The summed E-state index contributed by atoms with van der Waals surface area (Å²) in [7, 11) is 1.60. The van der Waals surface area contributed by atoms with Gasteiger partial charge in [-0.05, 0) is 24.0 Å². The van der Waals surface area contributed by atoms with E-state index in [9.17, 15) is 0 Å². The van der Waals surface area contributed by atoms with Gasteiger partial charge in [0.25, 0.3) is 0 Å². The van der Waals surface area contributed by atoms with Crippen molar-refractivity contribution >= 4 is 23.3 Å². The number of rotatable bonds is 6. The van der Waals surface area contributed by atoms with Crippen LogP contribution in [-0.2, 0) is 0 Å². The highest BCUT2D eigenvalue weighted by Crippen LogP contribution is 2.19. The van der Waals surface area contributed by atoms with Crippen molar-refractivity contribution < 1.29 is 4.74 Å². The third-order valence-electron chi connectivity index (χ3n) is 2.18. The molecule has 0 aliphatic carbocycles. The maximum absolute atomic E-state index is 5.82. The molecule has 90 valence electrons. The third kappa shape index (κ3) is 3.81. The Balaban J connectivity index is 2.58.